The third kappa shape index (κ3) is 6.59. The highest BCUT2D eigenvalue weighted by Gasteiger charge is 2.16. The second-order valence-corrected chi connectivity index (χ2v) is 7.84. The van der Waals surface area contributed by atoms with Gasteiger partial charge in [-0.3, -0.25) is 4.79 Å². The Morgan fingerprint density at radius 3 is 2.41 bits per heavy atom. The van der Waals surface area contributed by atoms with Gasteiger partial charge in [0.25, 0.3) is 0 Å². The summed E-state index contributed by atoms with van der Waals surface area (Å²) < 4.78 is 1.56. The van der Waals surface area contributed by atoms with Crippen LogP contribution in [0.1, 0.15) is 29.7 Å². The summed E-state index contributed by atoms with van der Waals surface area (Å²) in [5, 5.41) is 19.6. The Labute approximate surface area is 199 Å². The Hall–Kier alpha value is -4.32. The summed E-state index contributed by atoms with van der Waals surface area (Å²) in [6.07, 6.45) is 1.30. The molecular formula is C25H29N7O2. The summed E-state index contributed by atoms with van der Waals surface area (Å²) in [6, 6.07) is 21.0. The summed E-state index contributed by atoms with van der Waals surface area (Å²) in [7, 11) is 1.71. The molecule has 34 heavy (non-hydrogen) atoms. The van der Waals surface area contributed by atoms with Gasteiger partial charge in [0.1, 0.15) is 17.5 Å². The largest absolute Gasteiger partial charge is 0.382 e. The number of aromatic nitrogens is 2. The van der Waals surface area contributed by atoms with Crippen molar-refractivity contribution in [1.82, 2.24) is 25.3 Å². The van der Waals surface area contributed by atoms with Crippen molar-refractivity contribution in [1.29, 1.82) is 5.26 Å². The van der Waals surface area contributed by atoms with Crippen LogP contribution in [-0.2, 0) is 17.8 Å². The topological polar surface area (TPSA) is 129 Å². The monoisotopic (exact) mass is 459 g/mol. The van der Waals surface area contributed by atoms with Crippen molar-refractivity contribution in [3.05, 3.63) is 77.5 Å². The molecule has 0 unspecified atom stereocenters. The molecule has 0 fully saturated rings. The normalized spacial score (nSPS) is 10.4. The molecule has 0 saturated heterocycles. The number of urea groups is 1. The van der Waals surface area contributed by atoms with Crippen molar-refractivity contribution in [2.45, 2.75) is 25.8 Å². The molecule has 1 aromatic heterocycles. The van der Waals surface area contributed by atoms with Gasteiger partial charge >= 0.3 is 6.03 Å². The van der Waals surface area contributed by atoms with Gasteiger partial charge in [-0.25, -0.2) is 9.48 Å². The molecule has 0 aliphatic carbocycles. The summed E-state index contributed by atoms with van der Waals surface area (Å²) in [4.78, 5) is 25.8. The molecule has 3 rings (SSSR count). The molecule has 9 heteroatoms. The molecule has 0 bridgehead atoms. The highest BCUT2D eigenvalue weighted by atomic mass is 16.2. The summed E-state index contributed by atoms with van der Waals surface area (Å²) >= 11 is 0. The number of carbonyl (C=O) groups is 2. The Bertz CT molecular complexity index is 1140. The average molecular weight is 460 g/mol. The van der Waals surface area contributed by atoms with Crippen LogP contribution in [0.3, 0.4) is 0 Å². The first-order valence-electron chi connectivity index (χ1n) is 11.1. The third-order valence-corrected chi connectivity index (χ3v) is 5.26. The van der Waals surface area contributed by atoms with Gasteiger partial charge in [0.2, 0.25) is 5.91 Å². The van der Waals surface area contributed by atoms with Gasteiger partial charge in [0, 0.05) is 33.1 Å². The van der Waals surface area contributed by atoms with E-state index in [4.69, 9.17) is 5.73 Å². The van der Waals surface area contributed by atoms with E-state index in [1.165, 1.54) is 0 Å². The number of rotatable bonds is 10. The SMILES string of the molecule is CN(Cc1ccccc1)C(=O)NCCC(=O)NCCCc1nn(-c2ccccc2)c(N)c1C#N. The first kappa shape index (κ1) is 24.3. The minimum atomic E-state index is -0.229. The summed E-state index contributed by atoms with van der Waals surface area (Å²) in [5.74, 6) is 0.154. The lowest BCUT2D eigenvalue weighted by molar-refractivity contribution is -0.120. The fraction of sp³-hybridized carbons (Fsp3) is 0.280. The van der Waals surface area contributed by atoms with E-state index in [1.807, 2.05) is 60.7 Å². The van der Waals surface area contributed by atoms with Crippen LogP contribution < -0.4 is 16.4 Å². The number of aryl methyl sites for hydroxylation is 1. The van der Waals surface area contributed by atoms with Crippen LogP contribution in [-0.4, -0.2) is 46.8 Å². The Morgan fingerprint density at radius 1 is 1.06 bits per heavy atom. The number of nitriles is 1. The van der Waals surface area contributed by atoms with Crippen LogP contribution in [0.4, 0.5) is 10.6 Å². The molecule has 176 valence electrons. The van der Waals surface area contributed by atoms with Crippen LogP contribution in [0.25, 0.3) is 5.69 Å². The molecule has 4 N–H and O–H groups in total. The molecule has 0 radical (unpaired) electrons. The second-order valence-electron chi connectivity index (χ2n) is 7.84. The molecule has 1 heterocycles. The van der Waals surface area contributed by atoms with Crippen molar-refractivity contribution in [3.63, 3.8) is 0 Å². The van der Waals surface area contributed by atoms with Gasteiger partial charge in [-0.05, 0) is 30.5 Å². The molecule has 0 saturated carbocycles. The number of benzene rings is 2. The number of nitrogen functional groups attached to an aromatic ring is 1. The molecular weight excluding hydrogens is 430 g/mol. The third-order valence-electron chi connectivity index (χ3n) is 5.26. The number of anilines is 1. The molecule has 2 aromatic carbocycles. The predicted molar refractivity (Wildman–Crippen MR) is 130 cm³/mol. The average Bonchev–Trinajstić information content (AvgIpc) is 3.17. The number of carbonyl (C=O) groups excluding carboxylic acids is 2. The maximum atomic E-state index is 12.2. The smallest absolute Gasteiger partial charge is 0.317 e. The van der Waals surface area contributed by atoms with Crippen LogP contribution in [0, 0.1) is 11.3 Å². The van der Waals surface area contributed by atoms with E-state index in [2.05, 4.69) is 21.8 Å². The van der Waals surface area contributed by atoms with Crippen LogP contribution >= 0.6 is 0 Å². The number of para-hydroxylation sites is 1. The molecule has 3 aromatic rings. The molecule has 0 spiro atoms. The highest BCUT2D eigenvalue weighted by molar-refractivity contribution is 5.78. The van der Waals surface area contributed by atoms with E-state index < -0.39 is 0 Å². The van der Waals surface area contributed by atoms with E-state index in [0.717, 1.165) is 11.3 Å². The van der Waals surface area contributed by atoms with E-state index in [0.29, 0.717) is 43.0 Å². The lowest BCUT2D eigenvalue weighted by Gasteiger charge is -2.18. The first-order valence-corrected chi connectivity index (χ1v) is 11.1. The van der Waals surface area contributed by atoms with E-state index in [1.54, 1.807) is 16.6 Å². The molecule has 0 atom stereocenters. The number of nitrogens with one attached hydrogen (secondary N) is 2. The second kappa shape index (κ2) is 12.1. The first-order chi connectivity index (χ1) is 16.5. The van der Waals surface area contributed by atoms with Gasteiger partial charge in [-0.15, -0.1) is 0 Å². The van der Waals surface area contributed by atoms with Gasteiger partial charge in [-0.2, -0.15) is 10.4 Å². The van der Waals surface area contributed by atoms with Gasteiger partial charge in [0.15, 0.2) is 0 Å². The van der Waals surface area contributed by atoms with Crippen molar-refractivity contribution >= 4 is 17.8 Å². The van der Waals surface area contributed by atoms with E-state index in [9.17, 15) is 14.9 Å². The minimum Gasteiger partial charge on any atom is -0.382 e. The van der Waals surface area contributed by atoms with Crippen molar-refractivity contribution in [2.75, 3.05) is 25.9 Å². The summed E-state index contributed by atoms with van der Waals surface area (Å²) in [6.45, 7) is 1.18. The zero-order chi connectivity index (χ0) is 24.3. The summed E-state index contributed by atoms with van der Waals surface area (Å²) in [5.41, 5.74) is 8.90. The number of amides is 3. The fourth-order valence-electron chi connectivity index (χ4n) is 3.46. The molecule has 9 nitrogen and oxygen atoms in total. The van der Waals surface area contributed by atoms with Crippen LogP contribution in [0.5, 0.6) is 0 Å². The fourth-order valence-corrected chi connectivity index (χ4v) is 3.46. The van der Waals surface area contributed by atoms with Crippen molar-refractivity contribution in [3.8, 4) is 11.8 Å². The maximum absolute atomic E-state index is 12.2. The Morgan fingerprint density at radius 2 is 1.74 bits per heavy atom. The zero-order valence-electron chi connectivity index (χ0n) is 19.2. The standard InChI is InChI=1S/C25H29N7O2/c1-31(18-19-9-4-2-5-10-19)25(34)29-16-14-23(33)28-15-8-13-22-21(17-26)24(27)32(30-22)20-11-6-3-7-12-20/h2-7,9-12H,8,13-16,18,27H2,1H3,(H,28,33)(H,29,34). The van der Waals surface area contributed by atoms with E-state index >= 15 is 0 Å². The van der Waals surface area contributed by atoms with Gasteiger partial charge in [0.05, 0.1) is 11.4 Å². The van der Waals surface area contributed by atoms with Crippen LogP contribution in [0.2, 0.25) is 0 Å². The number of nitrogens with two attached hydrogens (primary N) is 1. The van der Waals surface area contributed by atoms with Gasteiger partial charge < -0.3 is 21.3 Å². The number of nitrogens with zero attached hydrogens (tertiary/aromatic N) is 4. The molecule has 0 aliphatic heterocycles. The van der Waals surface area contributed by atoms with Crippen LogP contribution in [0.15, 0.2) is 60.7 Å². The quantitative estimate of drug-likeness (QED) is 0.401. The van der Waals surface area contributed by atoms with E-state index in [-0.39, 0.29) is 24.9 Å². The number of hydrogen-bond acceptors (Lipinski definition) is 5. The Kier molecular flexibility index (Phi) is 8.63. The molecule has 0 aliphatic rings. The van der Waals surface area contributed by atoms with Crippen molar-refractivity contribution in [2.24, 2.45) is 0 Å². The minimum absolute atomic E-state index is 0.152. The van der Waals surface area contributed by atoms with Gasteiger partial charge in [-0.1, -0.05) is 48.5 Å². The number of hydrogen-bond donors (Lipinski definition) is 3. The zero-order valence-corrected chi connectivity index (χ0v) is 19.2. The lowest BCUT2D eigenvalue weighted by Crippen LogP contribution is -2.38. The maximum Gasteiger partial charge on any atom is 0.317 e. The highest BCUT2D eigenvalue weighted by Crippen LogP contribution is 2.21. The predicted octanol–water partition coefficient (Wildman–Crippen LogP) is 2.61. The molecule has 3 amide bonds. The lowest BCUT2D eigenvalue weighted by atomic mass is 10.1. The van der Waals surface area contributed by atoms with Crippen molar-refractivity contribution < 1.29 is 9.59 Å². The Balaban J connectivity index is 1.38.